The predicted molar refractivity (Wildman–Crippen MR) is 120 cm³/mol. The molecule has 0 aliphatic carbocycles. The van der Waals surface area contributed by atoms with Crippen LogP contribution in [0.2, 0.25) is 0 Å². The molecule has 3 aromatic heterocycles. The van der Waals surface area contributed by atoms with Crippen LogP contribution in [-0.2, 0) is 0 Å². The molecule has 1 N–H and O–H groups in total. The van der Waals surface area contributed by atoms with Gasteiger partial charge in [-0.25, -0.2) is 33.5 Å². The number of fused-ring (bicyclic) bond motifs is 1. The lowest BCUT2D eigenvalue weighted by molar-refractivity contribution is 0.0625. The van der Waals surface area contributed by atoms with Crippen LogP contribution in [0.4, 0.5) is 13.6 Å². The maximum atomic E-state index is 13.1. The molecule has 2 amide bonds. The number of hydrogen-bond acceptors (Lipinski definition) is 6. The summed E-state index contributed by atoms with van der Waals surface area (Å²) in [5, 5.41) is 9.10. The second kappa shape index (κ2) is 9.05. The average molecular weight is 479 g/mol. The minimum atomic E-state index is -2.73. The molecule has 12 heteroatoms. The van der Waals surface area contributed by atoms with E-state index in [-0.39, 0.29) is 30.5 Å². The Morgan fingerprint density at radius 2 is 1.74 bits per heavy atom. The Kier molecular flexibility index (Phi) is 5.77. The molecule has 35 heavy (non-hydrogen) atoms. The number of amides is 2. The summed E-state index contributed by atoms with van der Waals surface area (Å²) in [5.41, 5.74) is 2.09. The number of rotatable bonds is 4. The number of hydrogen-bond donors (Lipinski definition) is 1. The van der Waals surface area contributed by atoms with Gasteiger partial charge < -0.3 is 14.9 Å². The molecule has 4 heterocycles. The highest BCUT2D eigenvalue weighted by atomic mass is 19.3. The zero-order valence-electron chi connectivity index (χ0n) is 18.3. The van der Waals surface area contributed by atoms with Crippen molar-refractivity contribution in [1.82, 2.24) is 34.1 Å². The van der Waals surface area contributed by atoms with E-state index in [9.17, 15) is 18.4 Å². The van der Waals surface area contributed by atoms with Gasteiger partial charge in [0.1, 0.15) is 11.4 Å². The van der Waals surface area contributed by atoms with E-state index in [1.54, 1.807) is 41.4 Å². The second-order valence-corrected chi connectivity index (χ2v) is 7.89. The van der Waals surface area contributed by atoms with Crippen molar-refractivity contribution in [2.75, 3.05) is 26.2 Å². The first-order valence-electron chi connectivity index (χ1n) is 10.7. The Hall–Kier alpha value is -4.48. The second-order valence-electron chi connectivity index (χ2n) is 7.89. The Labute approximate surface area is 197 Å². The monoisotopic (exact) mass is 479 g/mol. The van der Waals surface area contributed by atoms with Crippen molar-refractivity contribution < 1.29 is 23.5 Å². The summed E-state index contributed by atoms with van der Waals surface area (Å²) >= 11 is 0. The fourth-order valence-corrected chi connectivity index (χ4v) is 3.92. The summed E-state index contributed by atoms with van der Waals surface area (Å²) in [7, 11) is 0. The fourth-order valence-electron chi connectivity index (χ4n) is 3.92. The lowest BCUT2D eigenvalue weighted by atomic mass is 10.1. The zero-order chi connectivity index (χ0) is 24.5. The summed E-state index contributed by atoms with van der Waals surface area (Å²) in [5.74, 6) is 0.0860. The lowest BCUT2D eigenvalue weighted by Gasteiger charge is -2.33. The number of halogens is 2. The number of carboxylic acid groups (broad SMARTS) is 1. The smallest absolute Gasteiger partial charge is 0.407 e. The Balaban J connectivity index is 1.42. The van der Waals surface area contributed by atoms with E-state index in [0.29, 0.717) is 41.3 Å². The summed E-state index contributed by atoms with van der Waals surface area (Å²) in [6.45, 7) is 1.16. The summed E-state index contributed by atoms with van der Waals surface area (Å²) in [6, 6.07) is 8.64. The molecule has 1 aliphatic heterocycles. The highest BCUT2D eigenvalue weighted by molar-refractivity contribution is 5.95. The third kappa shape index (κ3) is 4.37. The predicted octanol–water partition coefficient (Wildman–Crippen LogP) is 3.23. The summed E-state index contributed by atoms with van der Waals surface area (Å²) in [4.78, 5) is 43.8. The zero-order valence-corrected chi connectivity index (χ0v) is 18.3. The minimum absolute atomic E-state index is 0.194. The van der Waals surface area contributed by atoms with Crippen LogP contribution in [0.15, 0.2) is 55.1 Å². The van der Waals surface area contributed by atoms with Gasteiger partial charge in [-0.05, 0) is 18.2 Å². The van der Waals surface area contributed by atoms with E-state index in [4.69, 9.17) is 5.11 Å². The molecule has 1 aromatic carbocycles. The summed E-state index contributed by atoms with van der Waals surface area (Å²) < 4.78 is 27.7. The van der Waals surface area contributed by atoms with Crippen molar-refractivity contribution in [2.24, 2.45) is 0 Å². The molecule has 4 aromatic rings. The molecule has 0 bridgehead atoms. The van der Waals surface area contributed by atoms with Crippen molar-refractivity contribution in [3.63, 3.8) is 0 Å². The van der Waals surface area contributed by atoms with Crippen LogP contribution in [-0.4, -0.2) is 77.4 Å². The number of carbonyl (C=O) groups is 2. The maximum absolute atomic E-state index is 13.1. The molecule has 5 rings (SSSR count). The number of piperazine rings is 1. The summed E-state index contributed by atoms with van der Waals surface area (Å²) in [6.07, 6.45) is 1.79. The molecule has 0 atom stereocenters. The molecule has 10 nitrogen and oxygen atoms in total. The van der Waals surface area contributed by atoms with Crippen molar-refractivity contribution in [2.45, 2.75) is 6.43 Å². The average Bonchev–Trinajstić information content (AvgIpc) is 3.32. The normalized spacial score (nSPS) is 14.0. The van der Waals surface area contributed by atoms with Gasteiger partial charge in [0, 0.05) is 49.7 Å². The van der Waals surface area contributed by atoms with E-state index >= 15 is 0 Å². The van der Waals surface area contributed by atoms with Crippen molar-refractivity contribution in [3.05, 3.63) is 66.4 Å². The van der Waals surface area contributed by atoms with Crippen LogP contribution in [0.25, 0.3) is 28.4 Å². The number of carbonyl (C=O) groups excluding carboxylic acids is 1. The number of imidazole rings is 1. The van der Waals surface area contributed by atoms with Crippen LogP contribution >= 0.6 is 0 Å². The van der Waals surface area contributed by atoms with Gasteiger partial charge in [0.2, 0.25) is 0 Å². The first kappa shape index (κ1) is 22.3. The van der Waals surface area contributed by atoms with Gasteiger partial charge in [0.05, 0.1) is 18.1 Å². The van der Waals surface area contributed by atoms with Gasteiger partial charge in [-0.3, -0.25) is 9.20 Å². The topological polar surface area (TPSA) is 117 Å². The molecule has 1 fully saturated rings. The molecule has 0 saturated carbocycles. The first-order chi connectivity index (χ1) is 16.9. The number of alkyl halides is 2. The lowest BCUT2D eigenvalue weighted by Crippen LogP contribution is -2.50. The van der Waals surface area contributed by atoms with Crippen molar-refractivity contribution in [3.8, 4) is 22.8 Å². The van der Waals surface area contributed by atoms with E-state index in [1.807, 2.05) is 0 Å². The molecular weight excluding hydrogens is 460 g/mol. The van der Waals surface area contributed by atoms with E-state index in [0.717, 1.165) is 0 Å². The number of nitrogens with zero attached hydrogens (tertiary/aromatic N) is 7. The molecule has 0 spiro atoms. The number of benzene rings is 1. The molecule has 1 aliphatic rings. The van der Waals surface area contributed by atoms with Crippen LogP contribution in [0.1, 0.15) is 22.5 Å². The van der Waals surface area contributed by atoms with Crippen LogP contribution < -0.4 is 0 Å². The molecule has 178 valence electrons. The fraction of sp³-hybridized carbons (Fsp3) is 0.217. The van der Waals surface area contributed by atoms with E-state index in [2.05, 4.69) is 19.9 Å². The Morgan fingerprint density at radius 3 is 2.49 bits per heavy atom. The van der Waals surface area contributed by atoms with Crippen molar-refractivity contribution in [1.29, 1.82) is 0 Å². The van der Waals surface area contributed by atoms with E-state index in [1.165, 1.54) is 27.9 Å². The van der Waals surface area contributed by atoms with E-state index < -0.39 is 12.5 Å². The molecular formula is C23H19F2N7O3. The van der Waals surface area contributed by atoms with Crippen LogP contribution in [0, 0.1) is 0 Å². The van der Waals surface area contributed by atoms with Gasteiger partial charge >= 0.3 is 6.09 Å². The first-order valence-corrected chi connectivity index (χ1v) is 10.7. The van der Waals surface area contributed by atoms with Gasteiger partial charge in [0.15, 0.2) is 11.5 Å². The highest BCUT2D eigenvalue weighted by Gasteiger charge is 2.24. The van der Waals surface area contributed by atoms with Gasteiger partial charge in [-0.15, -0.1) is 0 Å². The Bertz CT molecular complexity index is 1420. The highest BCUT2D eigenvalue weighted by Crippen LogP contribution is 2.24. The van der Waals surface area contributed by atoms with Crippen molar-refractivity contribution >= 4 is 17.6 Å². The quantitative estimate of drug-likeness (QED) is 0.478. The third-order valence-electron chi connectivity index (χ3n) is 5.77. The van der Waals surface area contributed by atoms with Gasteiger partial charge in [0.25, 0.3) is 12.3 Å². The van der Waals surface area contributed by atoms with Crippen LogP contribution in [0.3, 0.4) is 0 Å². The Morgan fingerprint density at radius 1 is 0.971 bits per heavy atom. The molecule has 0 unspecified atom stereocenters. The van der Waals surface area contributed by atoms with Gasteiger partial charge in [-0.1, -0.05) is 12.1 Å². The SMILES string of the molecule is O=C(O)N1CCN(C(=O)c2cccc(-c3ccnc(-c4cnc5cnc(C(F)F)cn45)n3)c2)CC1. The van der Waals surface area contributed by atoms with Crippen LogP contribution in [0.5, 0.6) is 0 Å². The molecule has 1 saturated heterocycles. The van der Waals surface area contributed by atoms with Gasteiger partial charge in [-0.2, -0.15) is 0 Å². The third-order valence-corrected chi connectivity index (χ3v) is 5.77. The largest absolute Gasteiger partial charge is 0.465 e. The minimum Gasteiger partial charge on any atom is -0.465 e. The maximum Gasteiger partial charge on any atom is 0.407 e. The molecule has 0 radical (unpaired) electrons. The standard InChI is InChI=1S/C23H19F2N7O3/c24-20(25)17-13-32-18(11-28-19(32)12-27-17)21-26-5-4-16(29-21)14-2-1-3-15(10-14)22(33)30-6-8-31(9-7-30)23(34)35/h1-5,10-13,20H,6-9H2,(H,34,35). The number of aromatic nitrogens is 5.